The zero-order valence-electron chi connectivity index (χ0n) is 10.7. The van der Waals surface area contributed by atoms with E-state index in [2.05, 4.69) is 27.0 Å². The highest BCUT2D eigenvalue weighted by Crippen LogP contribution is 2.36. The molecule has 0 unspecified atom stereocenters. The Balaban J connectivity index is 2.17. The summed E-state index contributed by atoms with van der Waals surface area (Å²) < 4.78 is 6.65. The maximum absolute atomic E-state index is 9.27. The number of fused-ring (bicyclic) bond motifs is 1. The molecule has 0 saturated carbocycles. The molecule has 0 aliphatic carbocycles. The van der Waals surface area contributed by atoms with Gasteiger partial charge >= 0.3 is 0 Å². The third-order valence-corrected chi connectivity index (χ3v) is 3.81. The number of halogens is 2. The molecule has 0 radical (unpaired) electrons. The first kappa shape index (κ1) is 13.9. The van der Waals surface area contributed by atoms with Gasteiger partial charge in [-0.1, -0.05) is 23.7 Å². The minimum absolute atomic E-state index is 0.385. The molecular formula is C16H8BrClN2O. The van der Waals surface area contributed by atoms with Crippen molar-refractivity contribution in [1.29, 1.82) is 5.26 Å². The summed E-state index contributed by atoms with van der Waals surface area (Å²) in [6.45, 7) is 0. The largest absolute Gasteiger partial charge is 0.454 e. The number of pyridine rings is 1. The highest BCUT2D eigenvalue weighted by Gasteiger charge is 2.12. The molecule has 3 rings (SSSR count). The van der Waals surface area contributed by atoms with Gasteiger partial charge in [0.15, 0.2) is 5.75 Å². The number of nitriles is 1. The number of hydrogen-bond donors (Lipinski definition) is 0. The number of ether oxygens (including phenoxy) is 1. The molecule has 1 aromatic heterocycles. The van der Waals surface area contributed by atoms with Crippen LogP contribution >= 0.6 is 27.5 Å². The second-order valence-corrected chi connectivity index (χ2v) is 5.60. The van der Waals surface area contributed by atoms with E-state index in [1.54, 1.807) is 18.2 Å². The second-order valence-electron chi connectivity index (χ2n) is 4.31. The quantitative estimate of drug-likeness (QED) is 0.622. The van der Waals surface area contributed by atoms with Crippen molar-refractivity contribution in [2.24, 2.45) is 0 Å². The van der Waals surface area contributed by atoms with Crippen LogP contribution < -0.4 is 4.74 Å². The van der Waals surface area contributed by atoms with Crippen molar-refractivity contribution < 1.29 is 4.74 Å². The first-order valence-corrected chi connectivity index (χ1v) is 7.27. The lowest BCUT2D eigenvalue weighted by Gasteiger charge is -2.11. The van der Waals surface area contributed by atoms with Gasteiger partial charge in [-0.3, -0.25) is 4.98 Å². The summed E-state index contributed by atoms with van der Waals surface area (Å²) in [4.78, 5) is 4.26. The van der Waals surface area contributed by atoms with E-state index in [0.717, 1.165) is 15.4 Å². The predicted molar refractivity (Wildman–Crippen MR) is 85.7 cm³/mol. The van der Waals surface area contributed by atoms with Gasteiger partial charge in [-0.25, -0.2) is 0 Å². The zero-order chi connectivity index (χ0) is 14.8. The monoisotopic (exact) mass is 358 g/mol. The Morgan fingerprint density at radius 3 is 2.76 bits per heavy atom. The topological polar surface area (TPSA) is 45.9 Å². The minimum Gasteiger partial charge on any atom is -0.454 e. The smallest absolute Gasteiger partial charge is 0.156 e. The van der Waals surface area contributed by atoms with Crippen LogP contribution in [-0.2, 0) is 0 Å². The van der Waals surface area contributed by atoms with E-state index in [0.29, 0.717) is 22.1 Å². The van der Waals surface area contributed by atoms with Gasteiger partial charge < -0.3 is 4.74 Å². The summed E-state index contributed by atoms with van der Waals surface area (Å²) in [6.07, 6.45) is 1.52. The summed E-state index contributed by atoms with van der Waals surface area (Å²) in [6, 6.07) is 14.9. The molecule has 1 heterocycles. The Kier molecular flexibility index (Phi) is 3.78. The van der Waals surface area contributed by atoms with Crippen molar-refractivity contribution in [2.75, 3.05) is 0 Å². The molecule has 2 aromatic carbocycles. The predicted octanol–water partition coefficient (Wildman–Crippen LogP) is 5.31. The molecule has 0 amide bonds. The fourth-order valence-corrected chi connectivity index (χ4v) is 2.74. The summed E-state index contributed by atoms with van der Waals surface area (Å²) >= 11 is 9.33. The Hall–Kier alpha value is -2.09. The molecule has 3 aromatic rings. The molecule has 5 heteroatoms. The molecule has 0 bridgehead atoms. The first-order chi connectivity index (χ1) is 10.2. The normalized spacial score (nSPS) is 10.3. The van der Waals surface area contributed by atoms with Crippen molar-refractivity contribution >= 4 is 38.4 Å². The van der Waals surface area contributed by atoms with Gasteiger partial charge in [0.1, 0.15) is 17.4 Å². The van der Waals surface area contributed by atoms with Gasteiger partial charge in [0.25, 0.3) is 0 Å². The van der Waals surface area contributed by atoms with Gasteiger partial charge in [0.2, 0.25) is 0 Å². The van der Waals surface area contributed by atoms with Crippen LogP contribution in [0.15, 0.2) is 53.1 Å². The van der Waals surface area contributed by atoms with Crippen LogP contribution in [0.4, 0.5) is 0 Å². The van der Waals surface area contributed by atoms with Crippen molar-refractivity contribution in [3.05, 3.63) is 63.7 Å². The Bertz CT molecular complexity index is 874. The minimum atomic E-state index is 0.385. The van der Waals surface area contributed by atoms with E-state index in [1.807, 2.05) is 24.3 Å². The maximum atomic E-state index is 9.27. The van der Waals surface area contributed by atoms with Crippen LogP contribution in [0.2, 0.25) is 5.02 Å². The average Bonchev–Trinajstić information content (AvgIpc) is 2.50. The number of hydrogen-bond acceptors (Lipinski definition) is 3. The van der Waals surface area contributed by atoms with E-state index in [9.17, 15) is 5.26 Å². The van der Waals surface area contributed by atoms with Crippen molar-refractivity contribution in [2.45, 2.75) is 0 Å². The second kappa shape index (κ2) is 5.72. The van der Waals surface area contributed by atoms with Crippen LogP contribution in [-0.4, -0.2) is 4.98 Å². The van der Waals surface area contributed by atoms with Gasteiger partial charge in [0, 0.05) is 16.6 Å². The highest BCUT2D eigenvalue weighted by atomic mass is 79.9. The SMILES string of the molecule is N#Cc1cnc2ccccc2c1Oc1ccc(Cl)cc1Br. The molecule has 0 saturated heterocycles. The maximum Gasteiger partial charge on any atom is 0.156 e. The van der Waals surface area contributed by atoms with E-state index < -0.39 is 0 Å². The van der Waals surface area contributed by atoms with Gasteiger partial charge in [-0.05, 0) is 46.3 Å². The number of rotatable bonds is 2. The molecular weight excluding hydrogens is 352 g/mol. The Morgan fingerprint density at radius 1 is 1.19 bits per heavy atom. The fraction of sp³-hybridized carbons (Fsp3) is 0. The molecule has 0 N–H and O–H groups in total. The molecule has 0 aliphatic rings. The van der Waals surface area contributed by atoms with Crippen LogP contribution in [0.1, 0.15) is 5.56 Å². The lowest BCUT2D eigenvalue weighted by molar-refractivity contribution is 0.483. The van der Waals surface area contributed by atoms with Crippen molar-refractivity contribution in [3.63, 3.8) is 0 Å². The molecule has 0 aliphatic heterocycles. The highest BCUT2D eigenvalue weighted by molar-refractivity contribution is 9.10. The summed E-state index contributed by atoms with van der Waals surface area (Å²) in [5.74, 6) is 1.08. The number of para-hydroxylation sites is 1. The summed E-state index contributed by atoms with van der Waals surface area (Å²) in [5, 5.41) is 10.7. The van der Waals surface area contributed by atoms with Gasteiger partial charge in [0.05, 0.1) is 9.99 Å². The lowest BCUT2D eigenvalue weighted by Crippen LogP contribution is -1.93. The summed E-state index contributed by atoms with van der Waals surface area (Å²) in [7, 11) is 0. The molecule has 3 nitrogen and oxygen atoms in total. The molecule has 21 heavy (non-hydrogen) atoms. The molecule has 0 fully saturated rings. The number of benzene rings is 2. The number of aromatic nitrogens is 1. The zero-order valence-corrected chi connectivity index (χ0v) is 13.0. The van der Waals surface area contributed by atoms with Gasteiger partial charge in [-0.15, -0.1) is 0 Å². The number of nitrogens with zero attached hydrogens (tertiary/aromatic N) is 2. The third-order valence-electron chi connectivity index (χ3n) is 2.95. The molecule has 102 valence electrons. The van der Waals surface area contributed by atoms with Crippen LogP contribution in [0.3, 0.4) is 0 Å². The standard InChI is InChI=1S/C16H8BrClN2O/c17-13-7-11(18)5-6-15(13)21-16-10(8-19)9-20-14-4-2-1-3-12(14)16/h1-7,9H. The van der Waals surface area contributed by atoms with E-state index in [4.69, 9.17) is 16.3 Å². The Morgan fingerprint density at radius 2 is 2.00 bits per heavy atom. The average molecular weight is 360 g/mol. The lowest BCUT2D eigenvalue weighted by atomic mass is 10.1. The van der Waals surface area contributed by atoms with E-state index >= 15 is 0 Å². The Labute approximate surface area is 134 Å². The fourth-order valence-electron chi connectivity index (χ4n) is 1.97. The van der Waals surface area contributed by atoms with Crippen LogP contribution in [0, 0.1) is 11.3 Å². The van der Waals surface area contributed by atoms with Crippen molar-refractivity contribution in [1.82, 2.24) is 4.98 Å². The van der Waals surface area contributed by atoms with Gasteiger partial charge in [-0.2, -0.15) is 5.26 Å². The molecule has 0 atom stereocenters. The third kappa shape index (κ3) is 2.71. The van der Waals surface area contributed by atoms with Crippen LogP contribution in [0.5, 0.6) is 11.5 Å². The van der Waals surface area contributed by atoms with E-state index in [1.165, 1.54) is 6.20 Å². The van der Waals surface area contributed by atoms with Crippen molar-refractivity contribution in [3.8, 4) is 17.6 Å². The van der Waals surface area contributed by atoms with E-state index in [-0.39, 0.29) is 0 Å². The first-order valence-electron chi connectivity index (χ1n) is 6.10. The van der Waals surface area contributed by atoms with Crippen LogP contribution in [0.25, 0.3) is 10.9 Å². The molecule has 0 spiro atoms. The summed E-state index contributed by atoms with van der Waals surface area (Å²) in [5.41, 5.74) is 1.16.